The minimum Gasteiger partial charge on any atom is -0.480 e. The summed E-state index contributed by atoms with van der Waals surface area (Å²) in [5.41, 5.74) is -0.754. The minimum atomic E-state index is -1.04. The number of aliphatic carboxylic acids is 1. The van der Waals surface area contributed by atoms with E-state index in [4.69, 9.17) is 0 Å². The maximum atomic E-state index is 13.0. The van der Waals surface area contributed by atoms with Crippen molar-refractivity contribution in [3.8, 4) is 0 Å². The van der Waals surface area contributed by atoms with Gasteiger partial charge < -0.3 is 15.3 Å². The maximum Gasteiger partial charge on any atom is 0.326 e. The number of carboxylic acid groups (broad SMARTS) is 1. The summed E-state index contributed by atoms with van der Waals surface area (Å²) in [7, 11) is 0. The van der Waals surface area contributed by atoms with Crippen LogP contribution in [-0.2, 0) is 14.4 Å². The van der Waals surface area contributed by atoms with E-state index in [0.717, 1.165) is 30.6 Å². The molecule has 0 radical (unpaired) electrons. The number of nitrogens with one attached hydrogen (secondary N) is 1. The highest BCUT2D eigenvalue weighted by atomic mass is 16.4. The molecular formula is C20H31N3O5. The molecule has 2 saturated heterocycles. The summed E-state index contributed by atoms with van der Waals surface area (Å²) >= 11 is 0. The largest absolute Gasteiger partial charge is 0.480 e. The van der Waals surface area contributed by atoms with Crippen molar-refractivity contribution in [3.63, 3.8) is 0 Å². The predicted molar refractivity (Wildman–Crippen MR) is 101 cm³/mol. The van der Waals surface area contributed by atoms with E-state index >= 15 is 0 Å². The molecule has 3 rings (SSSR count). The van der Waals surface area contributed by atoms with Crippen molar-refractivity contribution in [2.24, 2.45) is 11.3 Å². The van der Waals surface area contributed by atoms with E-state index in [1.165, 1.54) is 4.90 Å². The lowest BCUT2D eigenvalue weighted by molar-refractivity contribution is -0.153. The first-order chi connectivity index (χ1) is 13.0. The highest BCUT2D eigenvalue weighted by molar-refractivity contribution is 6.09. The molecule has 1 spiro atoms. The Morgan fingerprint density at radius 1 is 1.14 bits per heavy atom. The van der Waals surface area contributed by atoms with Crippen molar-refractivity contribution < 1.29 is 24.3 Å². The second kappa shape index (κ2) is 7.37. The molecule has 1 aliphatic carbocycles. The Labute approximate surface area is 165 Å². The van der Waals surface area contributed by atoms with Gasteiger partial charge in [-0.3, -0.25) is 14.5 Å². The van der Waals surface area contributed by atoms with Gasteiger partial charge in [0.05, 0.1) is 0 Å². The number of carboxylic acids is 1. The minimum absolute atomic E-state index is 0.156. The Kier molecular flexibility index (Phi) is 5.42. The first kappa shape index (κ1) is 20.6. The highest BCUT2D eigenvalue weighted by Gasteiger charge is 2.54. The van der Waals surface area contributed by atoms with Gasteiger partial charge in [-0.2, -0.15) is 0 Å². The monoisotopic (exact) mass is 393 g/mol. The molecule has 2 N–H and O–H groups in total. The number of hydrogen-bond donors (Lipinski definition) is 2. The molecule has 156 valence electrons. The van der Waals surface area contributed by atoms with Crippen LogP contribution in [0, 0.1) is 11.3 Å². The maximum absolute atomic E-state index is 13.0. The summed E-state index contributed by atoms with van der Waals surface area (Å²) in [5, 5.41) is 12.2. The highest BCUT2D eigenvalue weighted by Crippen LogP contribution is 2.43. The summed E-state index contributed by atoms with van der Waals surface area (Å²) in [5.74, 6) is -1.37. The Bertz CT molecular complexity index is 676. The topological polar surface area (TPSA) is 107 Å². The van der Waals surface area contributed by atoms with Crippen molar-refractivity contribution in [2.75, 3.05) is 13.1 Å². The molecule has 0 aromatic rings. The molecule has 28 heavy (non-hydrogen) atoms. The summed E-state index contributed by atoms with van der Waals surface area (Å²) in [6, 6.07) is -1.42. The number of nitrogens with zero attached hydrogens (tertiary/aromatic N) is 2. The second-order valence-corrected chi connectivity index (χ2v) is 9.48. The smallest absolute Gasteiger partial charge is 0.326 e. The molecule has 2 aliphatic heterocycles. The number of urea groups is 1. The Morgan fingerprint density at radius 2 is 1.79 bits per heavy atom. The molecule has 4 amide bonds. The lowest BCUT2D eigenvalue weighted by atomic mass is 9.67. The Hall–Kier alpha value is -2.12. The van der Waals surface area contributed by atoms with Crippen molar-refractivity contribution in [2.45, 2.75) is 77.3 Å². The van der Waals surface area contributed by atoms with Gasteiger partial charge in [-0.05, 0) is 56.3 Å². The number of piperidine rings is 1. The van der Waals surface area contributed by atoms with Gasteiger partial charge in [-0.25, -0.2) is 9.59 Å². The van der Waals surface area contributed by atoms with E-state index in [9.17, 15) is 24.3 Å². The quantitative estimate of drug-likeness (QED) is 0.713. The normalized spacial score (nSPS) is 31.2. The average Bonchev–Trinajstić information content (AvgIpc) is 2.85. The lowest BCUT2D eigenvalue weighted by Crippen LogP contribution is -2.53. The molecule has 0 aromatic carbocycles. The van der Waals surface area contributed by atoms with E-state index in [2.05, 4.69) is 26.1 Å². The van der Waals surface area contributed by atoms with Crippen LogP contribution < -0.4 is 5.32 Å². The van der Waals surface area contributed by atoms with E-state index in [0.29, 0.717) is 31.7 Å². The summed E-state index contributed by atoms with van der Waals surface area (Å²) < 4.78 is 0. The molecular weight excluding hydrogens is 362 g/mol. The van der Waals surface area contributed by atoms with Crippen LogP contribution in [0.1, 0.15) is 65.7 Å². The van der Waals surface area contributed by atoms with E-state index in [1.54, 1.807) is 0 Å². The van der Waals surface area contributed by atoms with Gasteiger partial charge in [0.2, 0.25) is 5.91 Å². The summed E-state index contributed by atoms with van der Waals surface area (Å²) in [6.45, 7) is 6.52. The van der Waals surface area contributed by atoms with Crippen molar-refractivity contribution >= 4 is 23.8 Å². The average molecular weight is 393 g/mol. The standard InChI is InChI=1S/C20H31N3O5/c1-19(2,3)13-7-9-20(10-8-13)17(27)23(18(28)21-20)12-15(24)22-11-5-4-6-14(22)16(25)26/h13-14H,4-12H2,1-3H3,(H,21,28)(H,25,26). The zero-order valence-electron chi connectivity index (χ0n) is 17.0. The fourth-order valence-corrected chi connectivity index (χ4v) is 4.85. The second-order valence-electron chi connectivity index (χ2n) is 9.48. The van der Waals surface area contributed by atoms with E-state index < -0.39 is 29.5 Å². The zero-order valence-corrected chi connectivity index (χ0v) is 17.0. The van der Waals surface area contributed by atoms with Gasteiger partial charge >= 0.3 is 12.0 Å². The van der Waals surface area contributed by atoms with Crippen LogP contribution in [0.25, 0.3) is 0 Å². The molecule has 2 heterocycles. The molecule has 0 bridgehead atoms. The number of carbonyl (C=O) groups excluding carboxylic acids is 3. The third-order valence-electron chi connectivity index (χ3n) is 6.71. The number of amides is 4. The van der Waals surface area contributed by atoms with Crippen LogP contribution in [0.2, 0.25) is 0 Å². The fourth-order valence-electron chi connectivity index (χ4n) is 4.85. The molecule has 8 heteroatoms. The Balaban J connectivity index is 1.67. The summed E-state index contributed by atoms with van der Waals surface area (Å²) in [4.78, 5) is 51.9. The van der Waals surface area contributed by atoms with Gasteiger partial charge in [0.1, 0.15) is 18.1 Å². The third kappa shape index (κ3) is 3.73. The van der Waals surface area contributed by atoms with Crippen LogP contribution in [0.15, 0.2) is 0 Å². The van der Waals surface area contributed by atoms with Crippen LogP contribution in [0.5, 0.6) is 0 Å². The first-order valence-electron chi connectivity index (χ1n) is 10.2. The van der Waals surface area contributed by atoms with Crippen molar-refractivity contribution in [3.05, 3.63) is 0 Å². The van der Waals surface area contributed by atoms with Crippen LogP contribution in [-0.4, -0.2) is 63.4 Å². The Morgan fingerprint density at radius 3 is 2.36 bits per heavy atom. The molecule has 3 fully saturated rings. The molecule has 8 nitrogen and oxygen atoms in total. The molecule has 0 aromatic heterocycles. The number of carbonyl (C=O) groups is 4. The molecule has 1 atom stereocenters. The lowest BCUT2D eigenvalue weighted by Gasteiger charge is -2.40. The first-order valence-corrected chi connectivity index (χ1v) is 10.2. The fraction of sp³-hybridized carbons (Fsp3) is 0.800. The molecule has 1 unspecified atom stereocenters. The van der Waals surface area contributed by atoms with Gasteiger partial charge in [0, 0.05) is 6.54 Å². The van der Waals surface area contributed by atoms with E-state index in [1.807, 2.05) is 0 Å². The summed E-state index contributed by atoms with van der Waals surface area (Å²) in [6.07, 6.45) is 4.74. The van der Waals surface area contributed by atoms with Crippen LogP contribution >= 0.6 is 0 Å². The van der Waals surface area contributed by atoms with E-state index in [-0.39, 0.29) is 17.9 Å². The van der Waals surface area contributed by atoms with Crippen molar-refractivity contribution in [1.29, 1.82) is 0 Å². The SMILES string of the molecule is CC(C)(C)C1CCC2(CC1)NC(=O)N(CC(=O)N1CCCCC1C(=O)O)C2=O. The predicted octanol–water partition coefficient (Wildman–Crippen LogP) is 1.98. The number of rotatable bonds is 3. The van der Waals surface area contributed by atoms with Crippen LogP contribution in [0.3, 0.4) is 0 Å². The number of hydrogen-bond acceptors (Lipinski definition) is 4. The van der Waals surface area contributed by atoms with Gasteiger partial charge in [-0.15, -0.1) is 0 Å². The third-order valence-corrected chi connectivity index (χ3v) is 6.71. The molecule has 1 saturated carbocycles. The number of imide groups is 1. The van der Waals surface area contributed by atoms with Gasteiger partial charge in [0.25, 0.3) is 5.91 Å². The number of likely N-dealkylation sites (tertiary alicyclic amines) is 1. The van der Waals surface area contributed by atoms with Gasteiger partial charge in [-0.1, -0.05) is 20.8 Å². The molecule has 3 aliphatic rings. The van der Waals surface area contributed by atoms with Crippen LogP contribution in [0.4, 0.5) is 4.79 Å². The zero-order chi connectivity index (χ0) is 20.7. The van der Waals surface area contributed by atoms with Crippen molar-refractivity contribution in [1.82, 2.24) is 15.1 Å². The van der Waals surface area contributed by atoms with Gasteiger partial charge in [0.15, 0.2) is 0 Å².